The predicted molar refractivity (Wildman–Crippen MR) is 80.6 cm³/mol. The summed E-state index contributed by atoms with van der Waals surface area (Å²) >= 11 is 1.80. The van der Waals surface area contributed by atoms with Crippen molar-refractivity contribution in [3.63, 3.8) is 0 Å². The zero-order valence-corrected chi connectivity index (χ0v) is 12.3. The van der Waals surface area contributed by atoms with Crippen molar-refractivity contribution < 1.29 is 0 Å². The van der Waals surface area contributed by atoms with Crippen molar-refractivity contribution >= 4 is 11.3 Å². The van der Waals surface area contributed by atoms with Gasteiger partial charge in [0.15, 0.2) is 0 Å². The van der Waals surface area contributed by atoms with Gasteiger partial charge in [-0.1, -0.05) is 44.2 Å². The van der Waals surface area contributed by atoms with Crippen LogP contribution in [0.1, 0.15) is 53.9 Å². The van der Waals surface area contributed by atoms with E-state index >= 15 is 0 Å². The first kappa shape index (κ1) is 12.8. The zero-order valence-electron chi connectivity index (χ0n) is 11.5. The van der Waals surface area contributed by atoms with Crippen molar-refractivity contribution in [3.05, 3.63) is 51.5 Å². The summed E-state index contributed by atoms with van der Waals surface area (Å²) in [5, 5.41) is 1.06. The fourth-order valence-electron chi connectivity index (χ4n) is 2.81. The number of nitrogens with zero attached hydrogens (tertiary/aromatic N) is 1. The van der Waals surface area contributed by atoms with Crippen LogP contribution in [0.3, 0.4) is 0 Å². The minimum absolute atomic E-state index is 0.0902. The molecule has 0 aliphatic heterocycles. The molecule has 0 spiro atoms. The van der Waals surface area contributed by atoms with E-state index in [-0.39, 0.29) is 11.5 Å². The van der Waals surface area contributed by atoms with Gasteiger partial charge in [0, 0.05) is 10.3 Å². The van der Waals surface area contributed by atoms with Crippen molar-refractivity contribution in [2.75, 3.05) is 0 Å². The van der Waals surface area contributed by atoms with Gasteiger partial charge in [0.25, 0.3) is 0 Å². The number of aromatic nitrogens is 1. The van der Waals surface area contributed by atoms with Crippen molar-refractivity contribution in [1.82, 2.24) is 4.98 Å². The molecule has 0 saturated carbocycles. The minimum atomic E-state index is -0.0902. The Morgan fingerprint density at radius 2 is 2.00 bits per heavy atom. The number of aryl methyl sites for hydroxylation is 1. The van der Waals surface area contributed by atoms with Gasteiger partial charge in [-0.25, -0.2) is 4.98 Å². The average Bonchev–Trinajstić information content (AvgIpc) is 2.84. The Labute approximate surface area is 118 Å². The maximum Gasteiger partial charge on any atom is 0.114 e. The van der Waals surface area contributed by atoms with E-state index in [9.17, 15) is 0 Å². The molecule has 1 unspecified atom stereocenters. The van der Waals surface area contributed by atoms with Crippen LogP contribution in [0.4, 0.5) is 0 Å². The predicted octanol–water partition coefficient (Wildman–Crippen LogP) is 3.81. The van der Waals surface area contributed by atoms with E-state index in [0.29, 0.717) is 0 Å². The Balaban J connectivity index is 1.97. The molecule has 1 atom stereocenters. The first-order valence-corrected chi connectivity index (χ1v) is 7.70. The molecule has 2 aromatic rings. The van der Waals surface area contributed by atoms with Crippen LogP contribution in [0.15, 0.2) is 30.3 Å². The van der Waals surface area contributed by atoms with E-state index < -0.39 is 0 Å². The van der Waals surface area contributed by atoms with E-state index in [1.807, 2.05) is 18.2 Å². The first-order valence-electron chi connectivity index (χ1n) is 6.88. The molecule has 1 aliphatic carbocycles. The largest absolute Gasteiger partial charge is 0.318 e. The van der Waals surface area contributed by atoms with Crippen molar-refractivity contribution in [2.45, 2.75) is 44.6 Å². The summed E-state index contributed by atoms with van der Waals surface area (Å²) in [6, 6.07) is 10.2. The van der Waals surface area contributed by atoms with Gasteiger partial charge in [0.05, 0.1) is 11.7 Å². The monoisotopic (exact) mass is 272 g/mol. The molecule has 19 heavy (non-hydrogen) atoms. The van der Waals surface area contributed by atoms with Gasteiger partial charge < -0.3 is 5.73 Å². The van der Waals surface area contributed by atoms with Gasteiger partial charge in [0.1, 0.15) is 5.01 Å². The van der Waals surface area contributed by atoms with Gasteiger partial charge in [-0.15, -0.1) is 11.3 Å². The first-order chi connectivity index (χ1) is 9.08. The molecule has 0 fully saturated rings. The highest BCUT2D eigenvalue weighted by Gasteiger charge is 2.32. The Kier molecular flexibility index (Phi) is 3.19. The van der Waals surface area contributed by atoms with Crippen LogP contribution in [-0.2, 0) is 11.8 Å². The third kappa shape index (κ3) is 2.33. The Bertz CT molecular complexity index is 572. The normalized spacial score (nSPS) is 18.9. The third-order valence-corrected chi connectivity index (χ3v) is 5.18. The second-order valence-corrected chi connectivity index (χ2v) is 7.06. The quantitative estimate of drug-likeness (QED) is 0.903. The van der Waals surface area contributed by atoms with Gasteiger partial charge in [-0.05, 0) is 24.8 Å². The number of hydrogen-bond acceptors (Lipinski definition) is 3. The van der Waals surface area contributed by atoms with Crippen LogP contribution in [0.5, 0.6) is 0 Å². The molecular formula is C16H20N2S. The van der Waals surface area contributed by atoms with Crippen LogP contribution in [-0.4, -0.2) is 4.98 Å². The lowest BCUT2D eigenvalue weighted by atomic mass is 9.79. The van der Waals surface area contributed by atoms with Gasteiger partial charge in [-0.2, -0.15) is 0 Å². The van der Waals surface area contributed by atoms with E-state index in [0.717, 1.165) is 17.0 Å². The molecule has 3 rings (SSSR count). The fraction of sp³-hybridized carbons (Fsp3) is 0.438. The van der Waals surface area contributed by atoms with Crippen LogP contribution in [0.25, 0.3) is 0 Å². The fourth-order valence-corrected chi connectivity index (χ4v) is 4.13. The molecule has 0 radical (unpaired) electrons. The van der Waals surface area contributed by atoms with Gasteiger partial charge >= 0.3 is 0 Å². The summed E-state index contributed by atoms with van der Waals surface area (Å²) < 4.78 is 0. The van der Waals surface area contributed by atoms with E-state index in [1.165, 1.54) is 23.4 Å². The zero-order chi connectivity index (χ0) is 13.5. The smallest absolute Gasteiger partial charge is 0.114 e. The average molecular weight is 272 g/mol. The van der Waals surface area contributed by atoms with Crippen LogP contribution in [0.2, 0.25) is 0 Å². The number of hydrogen-bond donors (Lipinski definition) is 1. The molecule has 100 valence electrons. The lowest BCUT2D eigenvalue weighted by Crippen LogP contribution is -2.23. The summed E-state index contributed by atoms with van der Waals surface area (Å²) in [5.74, 6) is 0. The van der Waals surface area contributed by atoms with Crippen LogP contribution < -0.4 is 5.73 Å². The minimum Gasteiger partial charge on any atom is -0.318 e. The molecule has 3 heteroatoms. The SMILES string of the molecule is CC1(C)CCCc2sc(C(N)c3ccccc3)nc21. The standard InChI is InChI=1S/C16H20N2S/c1-16(2)10-6-9-12-14(16)18-15(19-12)13(17)11-7-4-3-5-8-11/h3-5,7-8,13H,6,9-10,17H2,1-2H3. The Hall–Kier alpha value is -1.19. The van der Waals surface area contributed by atoms with Crippen LogP contribution >= 0.6 is 11.3 Å². The molecule has 0 amide bonds. The van der Waals surface area contributed by atoms with Crippen molar-refractivity contribution in [3.8, 4) is 0 Å². The third-order valence-electron chi connectivity index (χ3n) is 3.99. The highest BCUT2D eigenvalue weighted by molar-refractivity contribution is 7.11. The second kappa shape index (κ2) is 4.73. The summed E-state index contributed by atoms with van der Waals surface area (Å²) in [7, 11) is 0. The number of nitrogens with two attached hydrogens (primary N) is 1. The van der Waals surface area contributed by atoms with Crippen molar-refractivity contribution in [2.24, 2.45) is 5.73 Å². The number of fused-ring (bicyclic) bond motifs is 1. The molecule has 1 aromatic heterocycles. The Morgan fingerprint density at radius 1 is 1.26 bits per heavy atom. The lowest BCUT2D eigenvalue weighted by Gasteiger charge is -2.28. The lowest BCUT2D eigenvalue weighted by molar-refractivity contribution is 0.423. The van der Waals surface area contributed by atoms with E-state index in [1.54, 1.807) is 11.3 Å². The van der Waals surface area contributed by atoms with Gasteiger partial charge in [0.2, 0.25) is 0 Å². The summed E-state index contributed by atoms with van der Waals surface area (Å²) in [5.41, 5.74) is 9.00. The molecule has 0 bridgehead atoms. The summed E-state index contributed by atoms with van der Waals surface area (Å²) in [6.45, 7) is 4.59. The van der Waals surface area contributed by atoms with Gasteiger partial charge in [-0.3, -0.25) is 0 Å². The number of thiazole rings is 1. The molecular weight excluding hydrogens is 252 g/mol. The molecule has 0 saturated heterocycles. The molecule has 1 aromatic carbocycles. The number of rotatable bonds is 2. The molecule has 1 heterocycles. The maximum atomic E-state index is 6.36. The van der Waals surface area contributed by atoms with E-state index in [2.05, 4.69) is 26.0 Å². The summed E-state index contributed by atoms with van der Waals surface area (Å²) in [4.78, 5) is 6.32. The molecule has 2 nitrogen and oxygen atoms in total. The number of benzene rings is 1. The molecule has 1 aliphatic rings. The second-order valence-electron chi connectivity index (χ2n) is 5.95. The summed E-state index contributed by atoms with van der Waals surface area (Å²) in [6.07, 6.45) is 3.66. The topological polar surface area (TPSA) is 38.9 Å². The van der Waals surface area contributed by atoms with Crippen LogP contribution in [0, 0.1) is 0 Å². The van der Waals surface area contributed by atoms with Crippen molar-refractivity contribution in [1.29, 1.82) is 0 Å². The maximum absolute atomic E-state index is 6.36. The highest BCUT2D eigenvalue weighted by atomic mass is 32.1. The molecule has 2 N–H and O–H groups in total. The highest BCUT2D eigenvalue weighted by Crippen LogP contribution is 2.40. The Morgan fingerprint density at radius 3 is 2.68 bits per heavy atom. The van der Waals surface area contributed by atoms with E-state index in [4.69, 9.17) is 10.7 Å².